The molecule has 0 atom stereocenters. The van der Waals surface area contributed by atoms with Crippen molar-refractivity contribution in [2.75, 3.05) is 18.4 Å². The minimum absolute atomic E-state index is 0.289. The molecule has 0 bridgehead atoms. The molecule has 7 heteroatoms. The van der Waals surface area contributed by atoms with Gasteiger partial charge < -0.3 is 14.6 Å². The Morgan fingerprint density at radius 1 is 1.23 bits per heavy atom. The molecule has 2 aliphatic rings. The van der Waals surface area contributed by atoms with Crippen molar-refractivity contribution in [2.24, 2.45) is 0 Å². The summed E-state index contributed by atoms with van der Waals surface area (Å²) in [7, 11) is 0. The summed E-state index contributed by atoms with van der Waals surface area (Å²) < 4.78 is 19.6. The van der Waals surface area contributed by atoms with Gasteiger partial charge in [0, 0.05) is 36.6 Å². The highest BCUT2D eigenvalue weighted by Gasteiger charge is 2.29. The van der Waals surface area contributed by atoms with Crippen LogP contribution in [0.15, 0.2) is 21.2 Å². The van der Waals surface area contributed by atoms with Crippen LogP contribution >= 0.6 is 15.9 Å². The van der Waals surface area contributed by atoms with E-state index in [4.69, 9.17) is 9.68 Å². The molecule has 1 aliphatic heterocycles. The summed E-state index contributed by atoms with van der Waals surface area (Å²) in [6.45, 7) is 1.80. The number of piperidine rings is 1. The van der Waals surface area contributed by atoms with Crippen molar-refractivity contribution in [3.8, 4) is 6.07 Å². The largest absolute Gasteiger partial charge is 0.444 e. The van der Waals surface area contributed by atoms with E-state index in [1.165, 1.54) is 0 Å². The van der Waals surface area contributed by atoms with Crippen LogP contribution in [0.4, 0.5) is 10.2 Å². The molecule has 1 N–H and O–H groups in total. The maximum Gasteiger partial charge on any atom is 0.204 e. The molecule has 0 radical (unpaired) electrons. The second kappa shape index (κ2) is 7.53. The summed E-state index contributed by atoms with van der Waals surface area (Å²) in [4.78, 5) is 6.93. The summed E-state index contributed by atoms with van der Waals surface area (Å²) in [6, 6.07) is 4.73. The highest BCUT2D eigenvalue weighted by atomic mass is 79.9. The Hall–Kier alpha value is -1.65. The summed E-state index contributed by atoms with van der Waals surface area (Å²) in [5.41, 5.74) is 0.610. The van der Waals surface area contributed by atoms with Crippen molar-refractivity contribution < 1.29 is 8.81 Å². The minimum atomic E-state index is -0.605. The Bertz CT molecular complexity index is 817. The van der Waals surface area contributed by atoms with Gasteiger partial charge in [-0.25, -0.2) is 9.37 Å². The lowest BCUT2D eigenvalue weighted by Gasteiger charge is -2.39. The molecule has 4 rings (SSSR count). The third-order valence-corrected chi connectivity index (χ3v) is 6.44. The molecular formula is C19H22BrFN4O. The molecule has 0 unspecified atom stereocenters. The van der Waals surface area contributed by atoms with E-state index < -0.39 is 6.17 Å². The van der Waals surface area contributed by atoms with Crippen molar-refractivity contribution in [1.82, 2.24) is 9.88 Å². The molecule has 2 fully saturated rings. The van der Waals surface area contributed by atoms with Crippen LogP contribution in [0.2, 0.25) is 0 Å². The molecule has 26 heavy (non-hydrogen) atoms. The Labute approximate surface area is 160 Å². The van der Waals surface area contributed by atoms with E-state index in [0.29, 0.717) is 30.5 Å². The number of nitrogens with one attached hydrogen (secondary N) is 1. The molecule has 1 aliphatic carbocycles. The van der Waals surface area contributed by atoms with E-state index in [-0.39, 0.29) is 5.76 Å². The lowest BCUT2D eigenvalue weighted by atomic mass is 9.89. The van der Waals surface area contributed by atoms with E-state index in [9.17, 15) is 4.39 Å². The topological polar surface area (TPSA) is 65.1 Å². The molecule has 138 valence electrons. The number of anilines is 1. The average Bonchev–Trinajstić information content (AvgIpc) is 3.10. The first kappa shape index (κ1) is 17.7. The smallest absolute Gasteiger partial charge is 0.204 e. The maximum absolute atomic E-state index is 13.3. The number of likely N-dealkylation sites (tertiary alicyclic amines) is 1. The molecular weight excluding hydrogens is 399 g/mol. The van der Waals surface area contributed by atoms with Crippen LogP contribution in [0.1, 0.15) is 44.3 Å². The van der Waals surface area contributed by atoms with Crippen molar-refractivity contribution in [1.29, 1.82) is 5.26 Å². The highest BCUT2D eigenvalue weighted by molar-refractivity contribution is 9.10. The third kappa shape index (κ3) is 3.58. The zero-order valence-corrected chi connectivity index (χ0v) is 16.1. The summed E-state index contributed by atoms with van der Waals surface area (Å²) in [5.74, 6) is 1.08. The van der Waals surface area contributed by atoms with Gasteiger partial charge in [-0.2, -0.15) is 5.26 Å². The second-order valence-corrected chi connectivity index (χ2v) is 8.07. The number of nitrogens with zero attached hydrogens (tertiary/aromatic N) is 3. The van der Waals surface area contributed by atoms with Gasteiger partial charge in [0.05, 0.1) is 10.7 Å². The average molecular weight is 421 g/mol. The Morgan fingerprint density at radius 3 is 2.65 bits per heavy atom. The van der Waals surface area contributed by atoms with Crippen LogP contribution in [0.3, 0.4) is 0 Å². The molecule has 2 aromatic rings. The molecule has 0 aromatic carbocycles. The van der Waals surface area contributed by atoms with Crippen molar-refractivity contribution >= 4 is 32.7 Å². The van der Waals surface area contributed by atoms with Crippen molar-refractivity contribution in [3.05, 3.63) is 22.5 Å². The maximum atomic E-state index is 13.3. The number of hydrogen-bond acceptors (Lipinski definition) is 5. The van der Waals surface area contributed by atoms with E-state index in [1.54, 1.807) is 12.3 Å². The number of alkyl halides is 1. The van der Waals surface area contributed by atoms with E-state index >= 15 is 0 Å². The lowest BCUT2D eigenvalue weighted by Crippen LogP contribution is -2.45. The first-order valence-electron chi connectivity index (χ1n) is 9.27. The molecule has 5 nitrogen and oxygen atoms in total. The predicted octanol–water partition coefficient (Wildman–Crippen LogP) is 4.62. The number of halogens is 2. The zero-order valence-electron chi connectivity index (χ0n) is 14.5. The quantitative estimate of drug-likeness (QED) is 0.784. The van der Waals surface area contributed by atoms with Gasteiger partial charge in [-0.1, -0.05) is 0 Å². The molecule has 1 saturated carbocycles. The van der Waals surface area contributed by atoms with Crippen LogP contribution < -0.4 is 5.32 Å². The molecule has 0 amide bonds. The first-order chi connectivity index (χ1) is 12.6. The fourth-order valence-electron chi connectivity index (χ4n) is 4.15. The lowest BCUT2D eigenvalue weighted by molar-refractivity contribution is 0.0895. The normalized spacial score (nSPS) is 25.3. The van der Waals surface area contributed by atoms with Gasteiger partial charge in [-0.15, -0.1) is 0 Å². The summed E-state index contributed by atoms with van der Waals surface area (Å²) in [5, 5.41) is 13.4. The van der Waals surface area contributed by atoms with Crippen molar-refractivity contribution in [2.45, 2.75) is 56.8 Å². The minimum Gasteiger partial charge on any atom is -0.444 e. The van der Waals surface area contributed by atoms with Gasteiger partial charge in [0.2, 0.25) is 5.76 Å². The first-order valence-corrected chi connectivity index (χ1v) is 10.1. The van der Waals surface area contributed by atoms with Gasteiger partial charge in [-0.3, -0.25) is 0 Å². The van der Waals surface area contributed by atoms with Crippen LogP contribution in [-0.4, -0.2) is 41.2 Å². The zero-order chi connectivity index (χ0) is 18.1. The number of fused-ring (bicyclic) bond motifs is 1. The predicted molar refractivity (Wildman–Crippen MR) is 102 cm³/mol. The van der Waals surface area contributed by atoms with Gasteiger partial charge >= 0.3 is 0 Å². The van der Waals surface area contributed by atoms with Gasteiger partial charge in [0.25, 0.3) is 0 Å². The van der Waals surface area contributed by atoms with Crippen LogP contribution in [0.25, 0.3) is 11.0 Å². The van der Waals surface area contributed by atoms with E-state index in [1.807, 2.05) is 6.07 Å². The highest BCUT2D eigenvalue weighted by Crippen LogP contribution is 2.34. The third-order valence-electron chi connectivity index (χ3n) is 5.64. The van der Waals surface area contributed by atoms with Crippen LogP contribution in [-0.2, 0) is 0 Å². The standard InChI is InChI=1S/C19H22BrFN4O/c20-18-16-9-15(10-22)26-17(16)11-23-19(18)24-13-1-3-14(4-2-13)25-7-5-12(21)6-8-25/h9,11-14H,1-8H2,(H,23,24). The van der Waals surface area contributed by atoms with Crippen molar-refractivity contribution in [3.63, 3.8) is 0 Å². The molecule has 2 aromatic heterocycles. The molecule has 0 spiro atoms. The number of pyridine rings is 1. The SMILES string of the molecule is N#Cc1cc2c(Br)c(NC3CCC(N4CCC(F)CC4)CC3)ncc2o1. The second-order valence-electron chi connectivity index (χ2n) is 7.28. The fraction of sp³-hybridized carbons (Fsp3) is 0.579. The Kier molecular flexibility index (Phi) is 5.14. The van der Waals surface area contributed by atoms with Gasteiger partial charge in [0.15, 0.2) is 5.58 Å². The monoisotopic (exact) mass is 420 g/mol. The van der Waals surface area contributed by atoms with Gasteiger partial charge in [0.1, 0.15) is 18.1 Å². The van der Waals surface area contributed by atoms with Gasteiger partial charge in [-0.05, 0) is 54.5 Å². The number of rotatable bonds is 3. The number of nitriles is 1. The molecule has 1 saturated heterocycles. The Morgan fingerprint density at radius 2 is 1.96 bits per heavy atom. The Balaban J connectivity index is 1.38. The van der Waals surface area contributed by atoms with E-state index in [0.717, 1.165) is 54.4 Å². The summed E-state index contributed by atoms with van der Waals surface area (Å²) >= 11 is 3.59. The number of aromatic nitrogens is 1. The van der Waals surface area contributed by atoms with Crippen LogP contribution in [0, 0.1) is 11.3 Å². The van der Waals surface area contributed by atoms with E-state index in [2.05, 4.69) is 31.1 Å². The molecule has 3 heterocycles. The van der Waals surface area contributed by atoms with Crippen LogP contribution in [0.5, 0.6) is 0 Å². The number of hydrogen-bond donors (Lipinski definition) is 1. The fourth-order valence-corrected chi connectivity index (χ4v) is 4.67. The number of furan rings is 1. The summed E-state index contributed by atoms with van der Waals surface area (Å²) in [6.07, 6.45) is 6.87.